The number of rotatable bonds is 7. The molecule has 0 aliphatic heterocycles. The van der Waals surface area contributed by atoms with Gasteiger partial charge in [-0.25, -0.2) is 13.8 Å². The van der Waals surface area contributed by atoms with Crippen LogP contribution in [0.4, 0.5) is 14.6 Å². The molecule has 0 aliphatic carbocycles. The van der Waals surface area contributed by atoms with Crippen molar-refractivity contribution in [3.05, 3.63) is 112 Å². The van der Waals surface area contributed by atoms with Gasteiger partial charge in [-0.05, 0) is 71.6 Å². The van der Waals surface area contributed by atoms with Crippen molar-refractivity contribution < 1.29 is 13.6 Å². The summed E-state index contributed by atoms with van der Waals surface area (Å²) in [6.45, 7) is 0. The monoisotopic (exact) mass is 542 g/mol. The fourth-order valence-corrected chi connectivity index (χ4v) is 5.20. The van der Waals surface area contributed by atoms with E-state index < -0.39 is 11.6 Å². The van der Waals surface area contributed by atoms with Crippen molar-refractivity contribution in [3.8, 4) is 22.3 Å². The number of aryl methyl sites for hydroxylation is 1. The highest BCUT2D eigenvalue weighted by atomic mass is 32.2. The number of amides is 1. The summed E-state index contributed by atoms with van der Waals surface area (Å²) in [4.78, 5) is 32.0. The number of halogens is 2. The lowest BCUT2D eigenvalue weighted by Crippen LogP contribution is -2.17. The van der Waals surface area contributed by atoms with Crippen LogP contribution in [0.5, 0.6) is 0 Å². The third kappa shape index (κ3) is 5.68. The third-order valence-corrected chi connectivity index (χ3v) is 7.42. The lowest BCUT2D eigenvalue weighted by molar-refractivity contribution is 0.0963. The number of aromatic nitrogens is 2. The number of aromatic amines is 1. The van der Waals surface area contributed by atoms with E-state index >= 15 is 0 Å². The van der Waals surface area contributed by atoms with Crippen LogP contribution in [0.3, 0.4) is 0 Å². The standard InChI is InChI=1S/C30H24F2N4O2S/c1-34-29(37)18-4-2-17(3-5-18)24-14-21-12-19(6-8-26(21)36-28(24)33)22-13-20(30(38)35-16-22)10-11-39-27-9-7-23(31)15-25(27)32/h2-9,12-16H,10-11H2,1H3,(H2,33,36)(H,34,37)(H,35,38). The Bertz CT molecular complexity index is 1750. The predicted molar refractivity (Wildman–Crippen MR) is 152 cm³/mol. The fourth-order valence-electron chi connectivity index (χ4n) is 4.29. The summed E-state index contributed by atoms with van der Waals surface area (Å²) in [5.41, 5.74) is 11.2. The molecule has 0 unspecified atom stereocenters. The number of H-pyrrole nitrogens is 1. The van der Waals surface area contributed by atoms with Crippen molar-refractivity contribution in [2.75, 3.05) is 18.5 Å². The maximum Gasteiger partial charge on any atom is 0.251 e. The summed E-state index contributed by atoms with van der Waals surface area (Å²) in [5.74, 6) is -0.574. The summed E-state index contributed by atoms with van der Waals surface area (Å²) in [7, 11) is 1.58. The molecule has 0 aliphatic rings. The minimum atomic E-state index is -0.625. The van der Waals surface area contributed by atoms with Crippen LogP contribution in [0.1, 0.15) is 15.9 Å². The van der Waals surface area contributed by atoms with Crippen LogP contribution >= 0.6 is 11.8 Å². The van der Waals surface area contributed by atoms with Crippen LogP contribution in [-0.4, -0.2) is 28.7 Å². The van der Waals surface area contributed by atoms with Gasteiger partial charge in [-0.2, -0.15) is 0 Å². The van der Waals surface area contributed by atoms with Gasteiger partial charge in [-0.1, -0.05) is 18.2 Å². The van der Waals surface area contributed by atoms with Gasteiger partial charge in [0.25, 0.3) is 11.5 Å². The Morgan fingerprint density at radius 2 is 1.74 bits per heavy atom. The van der Waals surface area contributed by atoms with Gasteiger partial charge >= 0.3 is 0 Å². The van der Waals surface area contributed by atoms with Gasteiger partial charge in [0.15, 0.2) is 0 Å². The summed E-state index contributed by atoms with van der Waals surface area (Å²) >= 11 is 1.23. The molecule has 39 heavy (non-hydrogen) atoms. The normalized spacial score (nSPS) is 11.1. The largest absolute Gasteiger partial charge is 0.383 e. The number of fused-ring (bicyclic) bond motifs is 1. The first-order valence-corrected chi connectivity index (χ1v) is 13.1. The molecule has 0 radical (unpaired) electrons. The van der Waals surface area contributed by atoms with Crippen molar-refractivity contribution in [2.24, 2.45) is 0 Å². The molecular formula is C30H24F2N4O2S. The number of hydrogen-bond donors (Lipinski definition) is 3. The van der Waals surface area contributed by atoms with Crippen LogP contribution in [0.2, 0.25) is 0 Å². The van der Waals surface area contributed by atoms with E-state index in [1.165, 1.54) is 23.9 Å². The van der Waals surface area contributed by atoms with E-state index in [9.17, 15) is 18.4 Å². The van der Waals surface area contributed by atoms with Gasteiger partial charge in [0, 0.05) is 52.0 Å². The Labute approximate surface area is 227 Å². The molecule has 1 amide bonds. The second-order valence-electron chi connectivity index (χ2n) is 8.90. The first-order chi connectivity index (χ1) is 18.8. The molecule has 196 valence electrons. The fraction of sp³-hybridized carbons (Fsp3) is 0.100. The number of nitrogens with one attached hydrogen (secondary N) is 2. The molecule has 0 bridgehead atoms. The van der Waals surface area contributed by atoms with Gasteiger partial charge in [0.2, 0.25) is 0 Å². The van der Waals surface area contributed by atoms with Gasteiger partial charge in [0.05, 0.1) is 5.52 Å². The van der Waals surface area contributed by atoms with Crippen LogP contribution in [0.15, 0.2) is 88.7 Å². The van der Waals surface area contributed by atoms with Crippen molar-refractivity contribution in [2.45, 2.75) is 11.3 Å². The quantitative estimate of drug-likeness (QED) is 0.225. The van der Waals surface area contributed by atoms with E-state index in [1.54, 1.807) is 25.4 Å². The minimum absolute atomic E-state index is 0.169. The Hall–Kier alpha value is -4.50. The van der Waals surface area contributed by atoms with E-state index in [0.717, 1.165) is 39.2 Å². The topological polar surface area (TPSA) is 101 Å². The maximum atomic E-state index is 13.9. The summed E-state index contributed by atoms with van der Waals surface area (Å²) in [6.07, 6.45) is 2.06. The number of anilines is 1. The molecule has 0 saturated carbocycles. The second kappa shape index (κ2) is 11.1. The van der Waals surface area contributed by atoms with E-state index in [1.807, 2.05) is 42.5 Å². The Morgan fingerprint density at radius 1 is 0.974 bits per heavy atom. The van der Waals surface area contributed by atoms with Crippen LogP contribution in [-0.2, 0) is 6.42 Å². The second-order valence-corrected chi connectivity index (χ2v) is 10.0. The van der Waals surface area contributed by atoms with Crippen LogP contribution in [0.25, 0.3) is 33.2 Å². The smallest absolute Gasteiger partial charge is 0.251 e. The number of nitrogen functional groups attached to an aromatic ring is 1. The molecule has 5 rings (SSSR count). The van der Waals surface area contributed by atoms with Crippen molar-refractivity contribution in [1.82, 2.24) is 15.3 Å². The number of thioether (sulfide) groups is 1. The lowest BCUT2D eigenvalue weighted by Gasteiger charge is -2.10. The zero-order valence-electron chi connectivity index (χ0n) is 20.9. The molecular weight excluding hydrogens is 518 g/mol. The summed E-state index contributed by atoms with van der Waals surface area (Å²) in [5, 5.41) is 3.46. The number of carbonyl (C=O) groups is 1. The Kier molecular flexibility index (Phi) is 7.42. The molecule has 0 saturated heterocycles. The van der Waals surface area contributed by atoms with E-state index in [4.69, 9.17) is 5.73 Å². The number of nitrogens with two attached hydrogens (primary N) is 1. The molecule has 3 aromatic carbocycles. The molecule has 4 N–H and O–H groups in total. The number of nitrogens with zero attached hydrogens (tertiary/aromatic N) is 1. The molecule has 0 atom stereocenters. The van der Waals surface area contributed by atoms with Crippen molar-refractivity contribution in [3.63, 3.8) is 0 Å². The lowest BCUT2D eigenvalue weighted by atomic mass is 9.99. The number of carbonyl (C=O) groups excluding carboxylic acids is 1. The molecule has 5 aromatic rings. The zero-order chi connectivity index (χ0) is 27.5. The highest BCUT2D eigenvalue weighted by molar-refractivity contribution is 7.99. The average molecular weight is 543 g/mol. The molecule has 6 nitrogen and oxygen atoms in total. The molecule has 9 heteroatoms. The molecule has 2 aromatic heterocycles. The van der Waals surface area contributed by atoms with Crippen LogP contribution in [0, 0.1) is 11.6 Å². The minimum Gasteiger partial charge on any atom is -0.383 e. The number of hydrogen-bond acceptors (Lipinski definition) is 5. The predicted octanol–water partition coefficient (Wildman–Crippen LogP) is 5.81. The average Bonchev–Trinajstić information content (AvgIpc) is 2.94. The number of benzene rings is 3. The first-order valence-electron chi connectivity index (χ1n) is 12.1. The van der Waals surface area contributed by atoms with E-state index in [2.05, 4.69) is 15.3 Å². The van der Waals surface area contributed by atoms with Crippen LogP contribution < -0.4 is 16.6 Å². The Balaban J connectivity index is 1.40. The third-order valence-electron chi connectivity index (χ3n) is 6.37. The molecule has 0 spiro atoms. The zero-order valence-corrected chi connectivity index (χ0v) is 21.7. The maximum absolute atomic E-state index is 13.9. The van der Waals surface area contributed by atoms with Crippen molar-refractivity contribution in [1.29, 1.82) is 0 Å². The highest BCUT2D eigenvalue weighted by Gasteiger charge is 2.11. The summed E-state index contributed by atoms with van der Waals surface area (Å²) < 4.78 is 27.1. The highest BCUT2D eigenvalue weighted by Crippen LogP contribution is 2.31. The number of pyridine rings is 2. The van der Waals surface area contributed by atoms with Gasteiger partial charge < -0.3 is 16.0 Å². The van der Waals surface area contributed by atoms with E-state index in [0.29, 0.717) is 34.0 Å². The van der Waals surface area contributed by atoms with Gasteiger partial charge in [-0.3, -0.25) is 9.59 Å². The summed E-state index contributed by atoms with van der Waals surface area (Å²) in [6, 6.07) is 20.1. The van der Waals surface area contributed by atoms with Gasteiger partial charge in [0.1, 0.15) is 17.5 Å². The van der Waals surface area contributed by atoms with Crippen molar-refractivity contribution >= 4 is 34.4 Å². The molecule has 2 heterocycles. The molecule has 0 fully saturated rings. The first kappa shape index (κ1) is 26.1. The SMILES string of the molecule is CNC(=O)c1ccc(-c2cc3cc(-c4c[nH]c(=O)c(CCSc5ccc(F)cc5F)c4)ccc3nc2N)cc1. The van der Waals surface area contributed by atoms with Gasteiger partial charge in [-0.15, -0.1) is 11.8 Å². The van der Waals surface area contributed by atoms with E-state index in [-0.39, 0.29) is 11.5 Å². The Morgan fingerprint density at radius 3 is 2.49 bits per heavy atom.